The van der Waals surface area contributed by atoms with Gasteiger partial charge < -0.3 is 11.1 Å². The fraction of sp³-hybridized carbons (Fsp3) is 0.810. The average molecular weight is 319 g/mol. The van der Waals surface area contributed by atoms with Gasteiger partial charge in [-0.1, -0.05) is 21.8 Å². The molecule has 0 unspecified atom stereocenters. The molecule has 0 aromatic heterocycles. The summed E-state index contributed by atoms with van der Waals surface area (Å²) in [6, 6.07) is 2.19. The van der Waals surface area contributed by atoms with Crippen LogP contribution in [0.4, 0.5) is 0 Å². The first-order valence-corrected chi connectivity index (χ1v) is 8.54. The van der Waals surface area contributed by atoms with Crippen molar-refractivity contribution in [3.63, 3.8) is 0 Å². The second-order valence-electron chi connectivity index (χ2n) is 7.25. The lowest BCUT2D eigenvalue weighted by Gasteiger charge is -2.32. The molecule has 4 aliphatic rings. The minimum atomic E-state index is 0. The van der Waals surface area contributed by atoms with E-state index in [-0.39, 0.29) is 14.9 Å². The lowest BCUT2D eigenvalue weighted by Crippen LogP contribution is -2.41. The quantitative estimate of drug-likeness (QED) is 0.749. The molecule has 4 aliphatic carbocycles. The number of nitrogens with two attached hydrogens (primary N) is 1. The van der Waals surface area contributed by atoms with Crippen molar-refractivity contribution in [3.05, 3.63) is 0 Å². The van der Waals surface area contributed by atoms with E-state index in [0.29, 0.717) is 17.9 Å². The molecule has 0 spiro atoms. The number of terminal acetylenes is 2. The molecule has 4 rings (SSSR count). The molecule has 0 radical (unpaired) electrons. The number of hydrogen-bond acceptors (Lipinski definition) is 2. The topological polar surface area (TPSA) is 38.0 Å². The molecule has 3 N–H and O–H groups in total. The minimum absolute atomic E-state index is 0. The Morgan fingerprint density at radius 3 is 1.52 bits per heavy atom. The normalized spacial score (nSPS) is 33.0. The third-order valence-electron chi connectivity index (χ3n) is 4.65. The van der Waals surface area contributed by atoms with Crippen molar-refractivity contribution >= 4 is 0 Å². The third-order valence-corrected chi connectivity index (χ3v) is 4.65. The van der Waals surface area contributed by atoms with E-state index < -0.39 is 0 Å². The van der Waals surface area contributed by atoms with E-state index in [0.717, 1.165) is 18.0 Å². The van der Waals surface area contributed by atoms with E-state index in [1.54, 1.807) is 0 Å². The molecule has 0 saturated heterocycles. The lowest BCUT2D eigenvalue weighted by molar-refractivity contribution is 0.272. The second-order valence-corrected chi connectivity index (χ2v) is 7.25. The van der Waals surface area contributed by atoms with Gasteiger partial charge in [-0.2, -0.15) is 0 Å². The third kappa shape index (κ3) is 9.04. The fourth-order valence-corrected chi connectivity index (χ4v) is 2.61. The van der Waals surface area contributed by atoms with Gasteiger partial charge in [-0.3, -0.25) is 0 Å². The van der Waals surface area contributed by atoms with Gasteiger partial charge in [0.05, 0.1) is 0 Å². The Morgan fingerprint density at radius 2 is 1.26 bits per heavy atom. The Kier molecular flexibility index (Phi) is 10.3. The van der Waals surface area contributed by atoms with Crippen molar-refractivity contribution in [2.45, 2.75) is 91.3 Å². The molecule has 0 heterocycles. The van der Waals surface area contributed by atoms with E-state index in [1.807, 2.05) is 0 Å². The summed E-state index contributed by atoms with van der Waals surface area (Å²) in [6.07, 6.45) is 20.7. The average Bonchev–Trinajstić information content (AvgIpc) is 3.28. The maximum Gasteiger partial charge on any atom is 0.0229 e. The number of nitrogens with one attached hydrogen (secondary N) is 1. The van der Waals surface area contributed by atoms with Crippen LogP contribution in [-0.2, 0) is 0 Å². The maximum atomic E-state index is 5.26. The lowest BCUT2D eigenvalue weighted by atomic mass is 9.77. The highest BCUT2D eigenvalue weighted by atomic mass is 15.0. The Balaban J connectivity index is 0.000000329. The van der Waals surface area contributed by atoms with E-state index in [9.17, 15) is 0 Å². The summed E-state index contributed by atoms with van der Waals surface area (Å²) in [5.41, 5.74) is 5.22. The zero-order valence-electron chi connectivity index (χ0n) is 13.4. The Labute approximate surface area is 145 Å². The molecular weight excluding hydrogens is 280 g/mol. The highest BCUT2D eigenvalue weighted by Crippen LogP contribution is 2.32. The van der Waals surface area contributed by atoms with Crippen LogP contribution >= 0.6 is 0 Å². The SMILES string of the molecule is C.C.C#CC1CC(C)C1.C#CC1CC(NC2CC2)C1.NC1CC1. The molecule has 0 amide bonds. The van der Waals surface area contributed by atoms with Crippen molar-refractivity contribution in [1.29, 1.82) is 0 Å². The monoisotopic (exact) mass is 318 g/mol. The van der Waals surface area contributed by atoms with Crippen molar-refractivity contribution in [2.24, 2.45) is 23.5 Å². The van der Waals surface area contributed by atoms with Gasteiger partial charge in [-0.05, 0) is 57.3 Å². The predicted octanol–water partition coefficient (Wildman–Crippen LogP) is 4.20. The summed E-state index contributed by atoms with van der Waals surface area (Å²) in [6.45, 7) is 2.24. The molecule has 2 heteroatoms. The van der Waals surface area contributed by atoms with Crippen molar-refractivity contribution in [2.75, 3.05) is 0 Å². The summed E-state index contributed by atoms with van der Waals surface area (Å²) >= 11 is 0. The van der Waals surface area contributed by atoms with Gasteiger partial charge in [0, 0.05) is 30.0 Å². The van der Waals surface area contributed by atoms with Crippen molar-refractivity contribution < 1.29 is 0 Å². The van der Waals surface area contributed by atoms with E-state index in [2.05, 4.69) is 24.1 Å². The zero-order chi connectivity index (χ0) is 15.2. The summed E-state index contributed by atoms with van der Waals surface area (Å²) in [5.74, 6) is 7.62. The van der Waals surface area contributed by atoms with Crippen molar-refractivity contribution in [3.8, 4) is 24.7 Å². The number of hydrogen-bond donors (Lipinski definition) is 2. The van der Waals surface area contributed by atoms with Crippen LogP contribution in [0.25, 0.3) is 0 Å². The largest absolute Gasteiger partial charge is 0.328 e. The van der Waals surface area contributed by atoms with Gasteiger partial charge in [0.25, 0.3) is 0 Å². The fourth-order valence-electron chi connectivity index (χ4n) is 2.61. The van der Waals surface area contributed by atoms with Gasteiger partial charge >= 0.3 is 0 Å². The molecule has 0 bridgehead atoms. The molecule has 0 aliphatic heterocycles. The number of rotatable bonds is 2. The van der Waals surface area contributed by atoms with Crippen LogP contribution < -0.4 is 11.1 Å². The smallest absolute Gasteiger partial charge is 0.0229 e. The first-order valence-electron chi connectivity index (χ1n) is 8.54. The Morgan fingerprint density at radius 1 is 0.826 bits per heavy atom. The van der Waals surface area contributed by atoms with E-state index in [1.165, 1.54) is 51.4 Å². The summed E-state index contributed by atoms with van der Waals surface area (Å²) < 4.78 is 0. The van der Waals surface area contributed by atoms with Gasteiger partial charge in [0.1, 0.15) is 0 Å². The summed E-state index contributed by atoms with van der Waals surface area (Å²) in [4.78, 5) is 0. The molecule has 132 valence electrons. The van der Waals surface area contributed by atoms with Gasteiger partial charge in [0.15, 0.2) is 0 Å². The minimum Gasteiger partial charge on any atom is -0.328 e. The van der Waals surface area contributed by atoms with Crippen LogP contribution in [0.15, 0.2) is 0 Å². The highest BCUT2D eigenvalue weighted by Gasteiger charge is 2.32. The maximum absolute atomic E-state index is 5.26. The predicted molar refractivity (Wildman–Crippen MR) is 103 cm³/mol. The molecular formula is C21H38N2. The molecule has 23 heavy (non-hydrogen) atoms. The summed E-state index contributed by atoms with van der Waals surface area (Å²) in [7, 11) is 0. The summed E-state index contributed by atoms with van der Waals surface area (Å²) in [5, 5.41) is 3.56. The molecule has 4 saturated carbocycles. The zero-order valence-corrected chi connectivity index (χ0v) is 13.4. The van der Waals surface area contributed by atoms with E-state index in [4.69, 9.17) is 18.6 Å². The van der Waals surface area contributed by atoms with Crippen LogP contribution in [0.2, 0.25) is 0 Å². The Hall–Kier alpha value is -0.960. The van der Waals surface area contributed by atoms with Crippen molar-refractivity contribution in [1.82, 2.24) is 5.32 Å². The van der Waals surface area contributed by atoms with Gasteiger partial charge in [-0.25, -0.2) is 0 Å². The second kappa shape index (κ2) is 10.7. The van der Waals surface area contributed by atoms with Gasteiger partial charge in [0.2, 0.25) is 0 Å². The van der Waals surface area contributed by atoms with Crippen LogP contribution in [0.1, 0.15) is 73.1 Å². The van der Waals surface area contributed by atoms with Crippen LogP contribution in [0.3, 0.4) is 0 Å². The first-order chi connectivity index (χ1) is 10.1. The van der Waals surface area contributed by atoms with Gasteiger partial charge in [-0.15, -0.1) is 24.7 Å². The Bertz CT molecular complexity index is 383. The standard InChI is InChI=1S/C9H13N.C7H10.C3H7N.2CH4/c1-2-7-5-9(6-7)10-8-3-4-8;1-3-7-4-6(2)5-7;4-3-1-2-3;;/h1,7-10H,3-6H2;1,6-7H,4-5H2,2H3;3H,1-2,4H2;2*1H4. The van der Waals surface area contributed by atoms with Crippen LogP contribution in [-0.4, -0.2) is 18.1 Å². The first kappa shape index (κ1) is 22.0. The highest BCUT2D eigenvalue weighted by molar-refractivity contribution is 5.04. The van der Waals surface area contributed by atoms with Crippen LogP contribution in [0, 0.1) is 42.4 Å². The van der Waals surface area contributed by atoms with E-state index >= 15 is 0 Å². The molecule has 0 atom stereocenters. The van der Waals surface area contributed by atoms with Crippen LogP contribution in [0.5, 0.6) is 0 Å². The molecule has 0 aromatic carbocycles. The molecule has 4 fully saturated rings. The molecule has 0 aromatic rings. The molecule has 2 nitrogen and oxygen atoms in total.